The summed E-state index contributed by atoms with van der Waals surface area (Å²) in [5.74, 6) is 0. The highest BCUT2D eigenvalue weighted by Crippen LogP contribution is 2.26. The predicted molar refractivity (Wildman–Crippen MR) is 63.9 cm³/mol. The number of likely N-dealkylation sites (N-methyl/N-ethyl adjacent to an activating group) is 1. The van der Waals surface area contributed by atoms with Gasteiger partial charge in [0.2, 0.25) is 0 Å². The topological polar surface area (TPSA) is 38.5 Å². The van der Waals surface area contributed by atoms with Crippen molar-refractivity contribution in [2.75, 3.05) is 20.3 Å². The Kier molecular flexibility index (Phi) is 4.15. The molecule has 0 spiro atoms. The highest BCUT2D eigenvalue weighted by atomic mass is 16.5. The van der Waals surface area contributed by atoms with Crippen molar-refractivity contribution in [2.24, 2.45) is 11.1 Å². The van der Waals surface area contributed by atoms with Crippen molar-refractivity contribution in [2.45, 2.75) is 52.2 Å². The standard InChI is InChI=1S/C12H26N2O/c1-9(12(2,3)4)14(5)11-8-15-7-6-10(11)13/h9-11H,6-8,13H2,1-5H3. The second-order valence-electron chi connectivity index (χ2n) is 5.80. The van der Waals surface area contributed by atoms with Gasteiger partial charge < -0.3 is 10.5 Å². The summed E-state index contributed by atoms with van der Waals surface area (Å²) in [5, 5.41) is 0. The Labute approximate surface area is 94.0 Å². The van der Waals surface area contributed by atoms with Gasteiger partial charge in [0.15, 0.2) is 0 Å². The van der Waals surface area contributed by atoms with Gasteiger partial charge in [-0.1, -0.05) is 20.8 Å². The number of nitrogens with zero attached hydrogens (tertiary/aromatic N) is 1. The lowest BCUT2D eigenvalue weighted by Crippen LogP contribution is -2.56. The molecule has 0 aromatic carbocycles. The van der Waals surface area contributed by atoms with Crippen LogP contribution in [0.25, 0.3) is 0 Å². The summed E-state index contributed by atoms with van der Waals surface area (Å²) in [6.45, 7) is 10.7. The minimum atomic E-state index is 0.258. The van der Waals surface area contributed by atoms with Crippen LogP contribution in [0.5, 0.6) is 0 Å². The molecule has 0 aliphatic carbocycles. The molecule has 1 fully saturated rings. The van der Waals surface area contributed by atoms with Crippen LogP contribution < -0.4 is 5.73 Å². The van der Waals surface area contributed by atoms with Crippen LogP contribution in [-0.4, -0.2) is 43.3 Å². The molecule has 0 aromatic heterocycles. The van der Waals surface area contributed by atoms with Gasteiger partial charge in [-0.2, -0.15) is 0 Å². The molecule has 0 aromatic rings. The predicted octanol–water partition coefficient (Wildman–Crippen LogP) is 1.47. The fourth-order valence-corrected chi connectivity index (χ4v) is 2.06. The van der Waals surface area contributed by atoms with Gasteiger partial charge in [-0.15, -0.1) is 0 Å². The van der Waals surface area contributed by atoms with Gasteiger partial charge in [0, 0.05) is 24.7 Å². The van der Waals surface area contributed by atoms with E-state index in [1.807, 2.05) is 0 Å². The Morgan fingerprint density at radius 1 is 1.40 bits per heavy atom. The maximum absolute atomic E-state index is 6.14. The normalized spacial score (nSPS) is 30.6. The third-order valence-corrected chi connectivity index (χ3v) is 3.77. The summed E-state index contributed by atoms with van der Waals surface area (Å²) in [6.07, 6.45) is 0.978. The summed E-state index contributed by atoms with van der Waals surface area (Å²) < 4.78 is 5.51. The molecule has 3 nitrogen and oxygen atoms in total. The highest BCUT2D eigenvalue weighted by molar-refractivity contribution is 4.89. The van der Waals surface area contributed by atoms with E-state index in [0.29, 0.717) is 12.1 Å². The zero-order chi connectivity index (χ0) is 11.6. The lowest BCUT2D eigenvalue weighted by Gasteiger charge is -2.43. The summed E-state index contributed by atoms with van der Waals surface area (Å²) in [5.41, 5.74) is 6.42. The maximum atomic E-state index is 6.14. The third-order valence-electron chi connectivity index (χ3n) is 3.77. The molecule has 2 N–H and O–H groups in total. The van der Waals surface area contributed by atoms with Crippen LogP contribution in [0.1, 0.15) is 34.1 Å². The van der Waals surface area contributed by atoms with Crippen LogP contribution in [0.4, 0.5) is 0 Å². The Morgan fingerprint density at radius 2 is 2.00 bits per heavy atom. The van der Waals surface area contributed by atoms with E-state index in [1.54, 1.807) is 0 Å². The molecule has 0 saturated carbocycles. The van der Waals surface area contributed by atoms with Gasteiger partial charge >= 0.3 is 0 Å². The summed E-state index contributed by atoms with van der Waals surface area (Å²) in [4.78, 5) is 2.38. The van der Waals surface area contributed by atoms with Gasteiger partial charge in [-0.25, -0.2) is 0 Å². The first-order chi connectivity index (χ1) is 6.84. The number of nitrogens with two attached hydrogens (primary N) is 1. The minimum absolute atomic E-state index is 0.258. The molecule has 3 unspecified atom stereocenters. The zero-order valence-electron chi connectivity index (χ0n) is 10.8. The van der Waals surface area contributed by atoms with E-state index in [0.717, 1.165) is 19.6 Å². The smallest absolute Gasteiger partial charge is 0.0636 e. The number of hydrogen-bond acceptors (Lipinski definition) is 3. The molecule has 0 radical (unpaired) electrons. The van der Waals surface area contributed by atoms with Crippen molar-refractivity contribution in [3.8, 4) is 0 Å². The first-order valence-corrected chi connectivity index (χ1v) is 5.89. The van der Waals surface area contributed by atoms with Crippen molar-refractivity contribution in [3.05, 3.63) is 0 Å². The lowest BCUT2D eigenvalue weighted by molar-refractivity contribution is -0.0154. The fourth-order valence-electron chi connectivity index (χ4n) is 2.06. The highest BCUT2D eigenvalue weighted by Gasteiger charge is 2.33. The zero-order valence-corrected chi connectivity index (χ0v) is 10.8. The van der Waals surface area contributed by atoms with Gasteiger partial charge in [0.05, 0.1) is 6.61 Å². The molecule has 15 heavy (non-hydrogen) atoms. The number of rotatable bonds is 2. The van der Waals surface area contributed by atoms with E-state index < -0.39 is 0 Å². The van der Waals surface area contributed by atoms with Crippen LogP contribution in [-0.2, 0) is 4.74 Å². The minimum Gasteiger partial charge on any atom is -0.380 e. The van der Waals surface area contributed by atoms with Crippen molar-refractivity contribution in [1.82, 2.24) is 4.90 Å². The van der Waals surface area contributed by atoms with Gasteiger partial charge in [-0.3, -0.25) is 4.90 Å². The van der Waals surface area contributed by atoms with E-state index in [1.165, 1.54) is 0 Å². The van der Waals surface area contributed by atoms with Crippen molar-refractivity contribution in [3.63, 3.8) is 0 Å². The lowest BCUT2D eigenvalue weighted by atomic mass is 9.85. The summed E-state index contributed by atoms with van der Waals surface area (Å²) >= 11 is 0. The van der Waals surface area contributed by atoms with Gasteiger partial charge in [0.25, 0.3) is 0 Å². The van der Waals surface area contributed by atoms with Crippen LogP contribution >= 0.6 is 0 Å². The molecule has 1 aliphatic heterocycles. The number of hydrogen-bond donors (Lipinski definition) is 1. The maximum Gasteiger partial charge on any atom is 0.0636 e. The van der Waals surface area contributed by atoms with Crippen molar-refractivity contribution < 1.29 is 4.74 Å². The molecule has 90 valence electrons. The molecule has 1 rings (SSSR count). The average Bonchev–Trinajstić information content (AvgIpc) is 2.15. The first-order valence-electron chi connectivity index (χ1n) is 5.89. The van der Waals surface area contributed by atoms with E-state index in [-0.39, 0.29) is 11.5 Å². The van der Waals surface area contributed by atoms with Crippen LogP contribution in [0, 0.1) is 5.41 Å². The Balaban J connectivity index is 2.62. The third kappa shape index (κ3) is 3.16. The van der Waals surface area contributed by atoms with E-state index in [4.69, 9.17) is 10.5 Å². The molecule has 1 aliphatic rings. The quantitative estimate of drug-likeness (QED) is 0.756. The molecular weight excluding hydrogens is 188 g/mol. The van der Waals surface area contributed by atoms with Crippen LogP contribution in [0.15, 0.2) is 0 Å². The molecule has 0 bridgehead atoms. The molecule has 0 amide bonds. The molecule has 3 heteroatoms. The van der Waals surface area contributed by atoms with Crippen LogP contribution in [0.3, 0.4) is 0 Å². The first kappa shape index (κ1) is 12.9. The van der Waals surface area contributed by atoms with Crippen molar-refractivity contribution in [1.29, 1.82) is 0 Å². The SMILES string of the molecule is CC(N(C)C1COCCC1N)C(C)(C)C. The Hall–Kier alpha value is -0.120. The van der Waals surface area contributed by atoms with Crippen LogP contribution in [0.2, 0.25) is 0 Å². The Bertz CT molecular complexity index is 200. The van der Waals surface area contributed by atoms with E-state index in [9.17, 15) is 0 Å². The number of ether oxygens (including phenoxy) is 1. The van der Waals surface area contributed by atoms with Gasteiger partial charge in [0.1, 0.15) is 0 Å². The largest absolute Gasteiger partial charge is 0.380 e. The monoisotopic (exact) mass is 214 g/mol. The fraction of sp³-hybridized carbons (Fsp3) is 1.00. The van der Waals surface area contributed by atoms with Crippen molar-refractivity contribution >= 4 is 0 Å². The Morgan fingerprint density at radius 3 is 2.47 bits per heavy atom. The second kappa shape index (κ2) is 4.81. The summed E-state index contributed by atoms with van der Waals surface area (Å²) in [6, 6.07) is 1.14. The average molecular weight is 214 g/mol. The molecule has 1 saturated heterocycles. The van der Waals surface area contributed by atoms with E-state index in [2.05, 4.69) is 39.6 Å². The second-order valence-corrected chi connectivity index (χ2v) is 5.80. The molecule has 1 heterocycles. The molecular formula is C12H26N2O. The van der Waals surface area contributed by atoms with Gasteiger partial charge in [-0.05, 0) is 25.8 Å². The summed E-state index contributed by atoms with van der Waals surface area (Å²) in [7, 11) is 2.16. The van der Waals surface area contributed by atoms with E-state index >= 15 is 0 Å². The molecule has 3 atom stereocenters.